The number of halogens is 1. The minimum atomic E-state index is -0.241. The van der Waals surface area contributed by atoms with Crippen LogP contribution in [0.3, 0.4) is 0 Å². The summed E-state index contributed by atoms with van der Waals surface area (Å²) in [6, 6.07) is 20.1. The number of hydrogen-bond acceptors (Lipinski definition) is 2. The lowest BCUT2D eigenvalue weighted by molar-refractivity contribution is 0.627. The number of rotatable bonds is 3. The first-order chi connectivity index (χ1) is 10.6. The summed E-state index contributed by atoms with van der Waals surface area (Å²) in [6.45, 7) is 0. The fourth-order valence-corrected chi connectivity index (χ4v) is 2.56. The molecule has 4 N–H and O–H groups in total. The standard InChI is InChI=1S/C19H17FN2/c20-16-8-6-13(7-9-16)10-15-11-17(21)12-18(19(15)22)14-4-2-1-3-5-14/h1-9,11-12H,10,21-22H2. The zero-order chi connectivity index (χ0) is 15.5. The van der Waals surface area contributed by atoms with Gasteiger partial charge in [-0.3, -0.25) is 0 Å². The summed E-state index contributed by atoms with van der Waals surface area (Å²) >= 11 is 0. The first-order valence-corrected chi connectivity index (χ1v) is 7.11. The third-order valence-electron chi connectivity index (χ3n) is 3.68. The van der Waals surface area contributed by atoms with Crippen molar-refractivity contribution in [1.29, 1.82) is 0 Å². The monoisotopic (exact) mass is 292 g/mol. The maximum absolute atomic E-state index is 13.0. The summed E-state index contributed by atoms with van der Waals surface area (Å²) in [7, 11) is 0. The average Bonchev–Trinajstić information content (AvgIpc) is 2.53. The molecule has 0 fully saturated rings. The topological polar surface area (TPSA) is 52.0 Å². The molecule has 0 atom stereocenters. The van der Waals surface area contributed by atoms with Crippen LogP contribution in [0.4, 0.5) is 15.8 Å². The number of nitrogens with two attached hydrogens (primary N) is 2. The molecule has 0 saturated heterocycles. The maximum atomic E-state index is 13.0. The Morgan fingerprint density at radius 2 is 1.50 bits per heavy atom. The highest BCUT2D eigenvalue weighted by molar-refractivity contribution is 5.82. The van der Waals surface area contributed by atoms with Gasteiger partial charge in [-0.2, -0.15) is 0 Å². The maximum Gasteiger partial charge on any atom is 0.123 e. The van der Waals surface area contributed by atoms with Crippen LogP contribution in [-0.4, -0.2) is 0 Å². The van der Waals surface area contributed by atoms with Gasteiger partial charge in [0.2, 0.25) is 0 Å². The molecule has 110 valence electrons. The van der Waals surface area contributed by atoms with E-state index in [9.17, 15) is 4.39 Å². The van der Waals surface area contributed by atoms with Gasteiger partial charge >= 0.3 is 0 Å². The van der Waals surface area contributed by atoms with Crippen LogP contribution < -0.4 is 11.5 Å². The molecule has 0 saturated carbocycles. The molecule has 0 aliphatic carbocycles. The Morgan fingerprint density at radius 1 is 0.818 bits per heavy atom. The second-order valence-electron chi connectivity index (χ2n) is 5.31. The van der Waals surface area contributed by atoms with E-state index >= 15 is 0 Å². The molecule has 3 rings (SSSR count). The van der Waals surface area contributed by atoms with Crippen LogP contribution in [0.2, 0.25) is 0 Å². The fourth-order valence-electron chi connectivity index (χ4n) is 2.56. The van der Waals surface area contributed by atoms with Crippen molar-refractivity contribution in [3.05, 3.63) is 83.7 Å². The first kappa shape index (κ1) is 14.1. The van der Waals surface area contributed by atoms with Crippen LogP contribution in [0.25, 0.3) is 11.1 Å². The van der Waals surface area contributed by atoms with E-state index in [0.29, 0.717) is 17.8 Å². The van der Waals surface area contributed by atoms with Gasteiger partial charge in [-0.25, -0.2) is 4.39 Å². The van der Waals surface area contributed by atoms with E-state index in [4.69, 9.17) is 11.5 Å². The molecule has 3 heteroatoms. The molecule has 3 aromatic rings. The van der Waals surface area contributed by atoms with Gasteiger partial charge in [-0.05, 0) is 47.4 Å². The zero-order valence-corrected chi connectivity index (χ0v) is 12.1. The van der Waals surface area contributed by atoms with E-state index in [2.05, 4.69) is 0 Å². The minimum Gasteiger partial charge on any atom is -0.399 e. The Balaban J connectivity index is 2.02. The van der Waals surface area contributed by atoms with Gasteiger partial charge < -0.3 is 11.5 Å². The molecule has 0 spiro atoms. The molecule has 0 aliphatic heterocycles. The van der Waals surface area contributed by atoms with Gasteiger partial charge in [0.1, 0.15) is 5.82 Å². The summed E-state index contributed by atoms with van der Waals surface area (Å²) in [5, 5.41) is 0. The van der Waals surface area contributed by atoms with Crippen molar-refractivity contribution in [2.24, 2.45) is 0 Å². The normalized spacial score (nSPS) is 10.6. The molecule has 0 aliphatic rings. The molecule has 0 unspecified atom stereocenters. The third-order valence-corrected chi connectivity index (χ3v) is 3.68. The molecule has 22 heavy (non-hydrogen) atoms. The molecule has 0 aromatic heterocycles. The van der Waals surface area contributed by atoms with Crippen LogP contribution in [0.15, 0.2) is 66.7 Å². The molecule has 0 amide bonds. The Labute approximate surface area is 129 Å². The fraction of sp³-hybridized carbons (Fsp3) is 0.0526. The Kier molecular flexibility index (Phi) is 3.79. The van der Waals surface area contributed by atoms with Crippen molar-refractivity contribution in [2.75, 3.05) is 11.5 Å². The third kappa shape index (κ3) is 2.93. The van der Waals surface area contributed by atoms with Crippen molar-refractivity contribution in [3.8, 4) is 11.1 Å². The van der Waals surface area contributed by atoms with Gasteiger partial charge in [0.05, 0.1) is 0 Å². The summed E-state index contributed by atoms with van der Waals surface area (Å²) in [4.78, 5) is 0. The Bertz CT molecular complexity index is 781. The van der Waals surface area contributed by atoms with E-state index in [1.165, 1.54) is 12.1 Å². The highest BCUT2D eigenvalue weighted by Crippen LogP contribution is 2.32. The number of anilines is 2. The first-order valence-electron chi connectivity index (χ1n) is 7.11. The summed E-state index contributed by atoms with van der Waals surface area (Å²) in [6.07, 6.45) is 0.622. The summed E-state index contributed by atoms with van der Waals surface area (Å²) in [5.41, 5.74) is 17.7. The van der Waals surface area contributed by atoms with E-state index in [-0.39, 0.29) is 5.82 Å². The number of nitrogen functional groups attached to an aromatic ring is 2. The van der Waals surface area contributed by atoms with Crippen LogP contribution in [0.1, 0.15) is 11.1 Å². The van der Waals surface area contributed by atoms with E-state index in [1.54, 1.807) is 12.1 Å². The molecule has 2 nitrogen and oxygen atoms in total. The van der Waals surface area contributed by atoms with Gasteiger partial charge in [0.25, 0.3) is 0 Å². The Hall–Kier alpha value is -2.81. The largest absolute Gasteiger partial charge is 0.399 e. The lowest BCUT2D eigenvalue weighted by Crippen LogP contribution is -2.01. The number of benzene rings is 3. The van der Waals surface area contributed by atoms with Gasteiger partial charge in [-0.15, -0.1) is 0 Å². The van der Waals surface area contributed by atoms with Crippen molar-refractivity contribution < 1.29 is 4.39 Å². The van der Waals surface area contributed by atoms with Crippen LogP contribution >= 0.6 is 0 Å². The van der Waals surface area contributed by atoms with Crippen LogP contribution in [0.5, 0.6) is 0 Å². The molecular formula is C19H17FN2. The molecule has 0 bridgehead atoms. The van der Waals surface area contributed by atoms with Crippen molar-refractivity contribution in [2.45, 2.75) is 6.42 Å². The highest BCUT2D eigenvalue weighted by atomic mass is 19.1. The van der Waals surface area contributed by atoms with Crippen LogP contribution in [0, 0.1) is 5.82 Å². The quantitative estimate of drug-likeness (QED) is 0.709. The Morgan fingerprint density at radius 3 is 2.18 bits per heavy atom. The second-order valence-corrected chi connectivity index (χ2v) is 5.31. The second kappa shape index (κ2) is 5.90. The van der Waals surface area contributed by atoms with Gasteiger partial charge in [0.15, 0.2) is 0 Å². The van der Waals surface area contributed by atoms with Crippen molar-refractivity contribution in [3.63, 3.8) is 0 Å². The lowest BCUT2D eigenvalue weighted by Gasteiger charge is -2.13. The SMILES string of the molecule is Nc1cc(Cc2ccc(F)cc2)c(N)c(-c2ccccc2)c1. The van der Waals surface area contributed by atoms with E-state index < -0.39 is 0 Å². The molecule has 0 heterocycles. The minimum absolute atomic E-state index is 0.241. The van der Waals surface area contributed by atoms with Gasteiger partial charge in [-0.1, -0.05) is 42.5 Å². The summed E-state index contributed by atoms with van der Waals surface area (Å²) < 4.78 is 13.0. The molecule has 0 radical (unpaired) electrons. The van der Waals surface area contributed by atoms with Crippen molar-refractivity contribution >= 4 is 11.4 Å². The zero-order valence-electron chi connectivity index (χ0n) is 12.1. The molecule has 3 aromatic carbocycles. The van der Waals surface area contributed by atoms with E-state index in [0.717, 1.165) is 22.3 Å². The smallest absolute Gasteiger partial charge is 0.123 e. The van der Waals surface area contributed by atoms with E-state index in [1.807, 2.05) is 42.5 Å². The average molecular weight is 292 g/mol. The molecular weight excluding hydrogens is 275 g/mol. The van der Waals surface area contributed by atoms with Crippen molar-refractivity contribution in [1.82, 2.24) is 0 Å². The van der Waals surface area contributed by atoms with Gasteiger partial charge in [0, 0.05) is 16.9 Å². The number of hydrogen-bond donors (Lipinski definition) is 2. The predicted octanol–water partition coefficient (Wildman–Crippen LogP) is 4.25. The van der Waals surface area contributed by atoms with Crippen LogP contribution in [-0.2, 0) is 6.42 Å². The lowest BCUT2D eigenvalue weighted by atomic mass is 9.95. The predicted molar refractivity (Wildman–Crippen MR) is 89.9 cm³/mol. The summed E-state index contributed by atoms with van der Waals surface area (Å²) in [5.74, 6) is -0.241. The highest BCUT2D eigenvalue weighted by Gasteiger charge is 2.10.